The van der Waals surface area contributed by atoms with Gasteiger partial charge >= 0.3 is 12.0 Å². The third kappa shape index (κ3) is 3.72. The minimum absolute atomic E-state index is 0.383. The van der Waals surface area contributed by atoms with Crippen molar-refractivity contribution in [3.8, 4) is 0 Å². The second-order valence-corrected chi connectivity index (χ2v) is 6.19. The molecule has 3 N–H and O–H groups in total. The third-order valence-electron chi connectivity index (χ3n) is 3.71. The number of carboxylic acid groups (broad SMARTS) is 1. The van der Waals surface area contributed by atoms with Crippen molar-refractivity contribution in [2.45, 2.75) is 44.1 Å². The van der Waals surface area contributed by atoms with Crippen molar-refractivity contribution >= 4 is 23.3 Å². The summed E-state index contributed by atoms with van der Waals surface area (Å²) >= 11 is 1.65. The zero-order chi connectivity index (χ0) is 14.4. The number of amides is 2. The van der Waals surface area contributed by atoms with Crippen LogP contribution >= 0.6 is 11.3 Å². The minimum atomic E-state index is -1.08. The number of carbonyl (C=O) groups is 2. The highest BCUT2D eigenvalue weighted by Gasteiger charge is 2.40. The van der Waals surface area contributed by atoms with E-state index in [2.05, 4.69) is 10.6 Å². The molecule has 5 nitrogen and oxygen atoms in total. The van der Waals surface area contributed by atoms with E-state index < -0.39 is 11.5 Å². The highest BCUT2D eigenvalue weighted by atomic mass is 32.1. The van der Waals surface area contributed by atoms with E-state index in [-0.39, 0.29) is 6.03 Å². The van der Waals surface area contributed by atoms with Crippen LogP contribution in [0.3, 0.4) is 0 Å². The van der Waals surface area contributed by atoms with E-state index in [1.807, 2.05) is 17.5 Å². The van der Waals surface area contributed by atoms with Crippen LogP contribution in [0.5, 0.6) is 0 Å². The number of thiophene rings is 1. The molecule has 1 heterocycles. The van der Waals surface area contributed by atoms with Crippen molar-refractivity contribution in [2.75, 3.05) is 6.54 Å². The molecule has 0 spiro atoms. The zero-order valence-corrected chi connectivity index (χ0v) is 12.2. The number of urea groups is 1. The lowest BCUT2D eigenvalue weighted by atomic mass is 9.82. The van der Waals surface area contributed by atoms with Gasteiger partial charge in [-0.15, -0.1) is 11.3 Å². The third-order valence-corrected chi connectivity index (χ3v) is 4.64. The van der Waals surface area contributed by atoms with Crippen molar-refractivity contribution in [2.24, 2.45) is 0 Å². The van der Waals surface area contributed by atoms with Gasteiger partial charge < -0.3 is 15.7 Å². The zero-order valence-electron chi connectivity index (χ0n) is 11.4. The molecule has 1 fully saturated rings. The summed E-state index contributed by atoms with van der Waals surface area (Å²) in [6, 6.07) is 3.61. The Hall–Kier alpha value is -1.56. The monoisotopic (exact) mass is 296 g/mol. The first-order valence-corrected chi connectivity index (χ1v) is 7.82. The maximum absolute atomic E-state index is 11.9. The Morgan fingerprint density at radius 3 is 2.65 bits per heavy atom. The Kier molecular flexibility index (Phi) is 5.00. The molecule has 0 atom stereocenters. The van der Waals surface area contributed by atoms with Crippen LogP contribution < -0.4 is 10.6 Å². The topological polar surface area (TPSA) is 78.4 Å². The van der Waals surface area contributed by atoms with Gasteiger partial charge in [-0.05, 0) is 30.7 Å². The number of hydrogen-bond donors (Lipinski definition) is 3. The van der Waals surface area contributed by atoms with Gasteiger partial charge in [0.05, 0.1) is 0 Å². The fourth-order valence-corrected chi connectivity index (χ4v) is 3.27. The Morgan fingerprint density at radius 1 is 1.30 bits per heavy atom. The smallest absolute Gasteiger partial charge is 0.329 e. The number of rotatable bonds is 5. The lowest BCUT2D eigenvalue weighted by molar-refractivity contribution is -0.145. The number of hydrogen-bond acceptors (Lipinski definition) is 3. The predicted octanol–water partition coefficient (Wildman–Crippen LogP) is 2.38. The summed E-state index contributed by atoms with van der Waals surface area (Å²) in [6.45, 7) is 0.516. The van der Waals surface area contributed by atoms with Gasteiger partial charge in [-0.25, -0.2) is 9.59 Å². The average Bonchev–Trinajstić information content (AvgIpc) is 2.93. The average molecular weight is 296 g/mol. The van der Waals surface area contributed by atoms with Crippen LogP contribution in [-0.2, 0) is 11.2 Å². The molecule has 0 saturated heterocycles. The van der Waals surface area contributed by atoms with E-state index in [4.69, 9.17) is 0 Å². The van der Waals surface area contributed by atoms with Crippen LogP contribution in [0.1, 0.15) is 37.0 Å². The Balaban J connectivity index is 1.81. The van der Waals surface area contributed by atoms with Crippen LogP contribution in [0.2, 0.25) is 0 Å². The highest BCUT2D eigenvalue weighted by molar-refractivity contribution is 7.09. The Bertz CT molecular complexity index is 453. The minimum Gasteiger partial charge on any atom is -0.480 e. The van der Waals surface area contributed by atoms with Crippen LogP contribution in [0.25, 0.3) is 0 Å². The predicted molar refractivity (Wildman–Crippen MR) is 78.0 cm³/mol. The van der Waals surface area contributed by atoms with Crippen molar-refractivity contribution in [1.82, 2.24) is 10.6 Å². The number of aliphatic carboxylic acids is 1. The molecule has 1 saturated carbocycles. The maximum atomic E-state index is 11.9. The quantitative estimate of drug-likeness (QED) is 0.780. The second kappa shape index (κ2) is 6.74. The SMILES string of the molecule is O=C(NCCc1cccs1)NC1(C(=O)O)CCCCC1. The molecule has 1 aliphatic carbocycles. The molecule has 0 radical (unpaired) electrons. The second-order valence-electron chi connectivity index (χ2n) is 5.16. The van der Waals surface area contributed by atoms with E-state index in [1.54, 1.807) is 11.3 Å². The standard InChI is InChI=1S/C14H20N2O3S/c17-12(18)14(7-2-1-3-8-14)16-13(19)15-9-6-11-5-4-10-20-11/h4-5,10H,1-3,6-9H2,(H,17,18)(H2,15,16,19). The van der Waals surface area contributed by atoms with Gasteiger partial charge in [0.1, 0.15) is 5.54 Å². The summed E-state index contributed by atoms with van der Waals surface area (Å²) in [5, 5.41) is 16.8. The fourth-order valence-electron chi connectivity index (χ4n) is 2.56. The molecule has 2 amide bonds. The van der Waals surface area contributed by atoms with Gasteiger partial charge in [0.25, 0.3) is 0 Å². The van der Waals surface area contributed by atoms with Crippen molar-refractivity contribution in [3.63, 3.8) is 0 Å². The molecule has 2 rings (SSSR count). The summed E-state index contributed by atoms with van der Waals surface area (Å²) in [7, 11) is 0. The van der Waals surface area contributed by atoms with Crippen molar-refractivity contribution in [3.05, 3.63) is 22.4 Å². The maximum Gasteiger partial charge on any atom is 0.329 e. The number of carbonyl (C=O) groups excluding carboxylic acids is 1. The lowest BCUT2D eigenvalue weighted by Crippen LogP contribution is -2.58. The van der Waals surface area contributed by atoms with Crippen LogP contribution in [0, 0.1) is 0 Å². The summed E-state index contributed by atoms with van der Waals surface area (Å²) in [4.78, 5) is 24.5. The molecule has 0 aromatic carbocycles. The van der Waals surface area contributed by atoms with Crippen LogP contribution in [0.4, 0.5) is 4.79 Å². The van der Waals surface area contributed by atoms with E-state index >= 15 is 0 Å². The van der Waals surface area contributed by atoms with E-state index in [9.17, 15) is 14.7 Å². The molecule has 6 heteroatoms. The largest absolute Gasteiger partial charge is 0.480 e. The molecule has 110 valence electrons. The van der Waals surface area contributed by atoms with E-state index in [1.165, 1.54) is 4.88 Å². The van der Waals surface area contributed by atoms with Crippen LogP contribution in [-0.4, -0.2) is 29.2 Å². The first kappa shape index (κ1) is 14.8. The first-order valence-electron chi connectivity index (χ1n) is 6.94. The normalized spacial score (nSPS) is 17.4. The van der Waals surface area contributed by atoms with E-state index in [0.717, 1.165) is 25.7 Å². The van der Waals surface area contributed by atoms with Crippen molar-refractivity contribution in [1.29, 1.82) is 0 Å². The van der Waals surface area contributed by atoms with Crippen molar-refractivity contribution < 1.29 is 14.7 Å². The summed E-state index contributed by atoms with van der Waals surface area (Å²) in [6.07, 6.45) is 4.53. The van der Waals surface area contributed by atoms with Gasteiger partial charge in [-0.2, -0.15) is 0 Å². The molecular weight excluding hydrogens is 276 g/mol. The molecule has 0 aliphatic heterocycles. The number of nitrogens with one attached hydrogen (secondary N) is 2. The molecule has 20 heavy (non-hydrogen) atoms. The fraction of sp³-hybridized carbons (Fsp3) is 0.571. The van der Waals surface area contributed by atoms with Gasteiger partial charge in [0, 0.05) is 11.4 Å². The van der Waals surface area contributed by atoms with Gasteiger partial charge in [-0.1, -0.05) is 25.3 Å². The summed E-state index contributed by atoms with van der Waals surface area (Å²) in [5.41, 5.74) is -1.08. The molecule has 1 aromatic rings. The number of carboxylic acids is 1. The summed E-state index contributed by atoms with van der Waals surface area (Å²) < 4.78 is 0. The van der Waals surface area contributed by atoms with Gasteiger partial charge in [0.15, 0.2) is 0 Å². The molecular formula is C14H20N2O3S. The summed E-state index contributed by atoms with van der Waals surface area (Å²) in [5.74, 6) is -0.925. The van der Waals surface area contributed by atoms with Gasteiger partial charge in [-0.3, -0.25) is 0 Å². The Labute approximate surface area is 122 Å². The van der Waals surface area contributed by atoms with E-state index in [0.29, 0.717) is 19.4 Å². The highest BCUT2D eigenvalue weighted by Crippen LogP contribution is 2.28. The van der Waals surface area contributed by atoms with Gasteiger partial charge in [0.2, 0.25) is 0 Å². The first-order chi connectivity index (χ1) is 9.62. The lowest BCUT2D eigenvalue weighted by Gasteiger charge is -2.33. The molecule has 1 aromatic heterocycles. The molecule has 0 bridgehead atoms. The Morgan fingerprint density at radius 2 is 2.05 bits per heavy atom. The molecule has 0 unspecified atom stereocenters. The van der Waals surface area contributed by atoms with Crippen LogP contribution in [0.15, 0.2) is 17.5 Å². The molecule has 1 aliphatic rings.